The van der Waals surface area contributed by atoms with Gasteiger partial charge in [0.2, 0.25) is 0 Å². The molecule has 0 aromatic carbocycles. The van der Waals surface area contributed by atoms with E-state index in [-0.39, 0.29) is 11.6 Å². The van der Waals surface area contributed by atoms with E-state index in [1.54, 1.807) is 0 Å². The molecule has 3 nitrogen and oxygen atoms in total. The summed E-state index contributed by atoms with van der Waals surface area (Å²) in [6.45, 7) is 9.19. The lowest BCUT2D eigenvalue weighted by molar-refractivity contribution is -0.231. The smallest absolute Gasteiger partial charge is 0.313 e. The van der Waals surface area contributed by atoms with Crippen LogP contribution in [-0.4, -0.2) is 25.2 Å². The Balaban J connectivity index is 1.85. The highest BCUT2D eigenvalue weighted by Crippen LogP contribution is 2.62. The quantitative estimate of drug-likeness (QED) is 0.788. The van der Waals surface area contributed by atoms with Gasteiger partial charge >= 0.3 is 5.97 Å². The summed E-state index contributed by atoms with van der Waals surface area (Å²) in [5.74, 6) is 3.40. The van der Waals surface area contributed by atoms with E-state index in [2.05, 4.69) is 19.2 Å². The third-order valence-electron chi connectivity index (χ3n) is 6.76. The molecule has 3 heteroatoms. The zero-order valence-electron chi connectivity index (χ0n) is 14.9. The van der Waals surface area contributed by atoms with Crippen molar-refractivity contribution in [2.75, 3.05) is 13.6 Å². The Morgan fingerprint density at radius 1 is 1.14 bits per heavy atom. The van der Waals surface area contributed by atoms with Crippen LogP contribution >= 0.6 is 0 Å². The monoisotopic (exact) mass is 307 g/mol. The van der Waals surface area contributed by atoms with Crippen LogP contribution in [0.1, 0.15) is 59.8 Å². The molecule has 0 aliphatic heterocycles. The fraction of sp³-hybridized carbons (Fsp3) is 0.947. The van der Waals surface area contributed by atoms with Gasteiger partial charge in [-0.15, -0.1) is 0 Å². The molecular formula is C19H33NO2. The molecule has 0 atom stereocenters. The molecule has 22 heavy (non-hydrogen) atoms. The molecule has 4 fully saturated rings. The number of hydrogen-bond donors (Lipinski definition) is 1. The molecule has 0 heterocycles. The summed E-state index contributed by atoms with van der Waals surface area (Å²) < 4.78 is 6.41. The predicted octanol–water partition coefficient (Wildman–Crippen LogP) is 3.63. The van der Waals surface area contributed by atoms with Crippen molar-refractivity contribution in [1.29, 1.82) is 0 Å². The Kier molecular flexibility index (Phi) is 4.08. The van der Waals surface area contributed by atoms with Crippen molar-refractivity contribution < 1.29 is 9.53 Å². The van der Waals surface area contributed by atoms with Gasteiger partial charge in [-0.1, -0.05) is 13.8 Å². The largest absolute Gasteiger partial charge is 0.458 e. The van der Waals surface area contributed by atoms with Crippen LogP contribution in [0.15, 0.2) is 0 Å². The van der Waals surface area contributed by atoms with Gasteiger partial charge in [-0.3, -0.25) is 4.79 Å². The summed E-state index contributed by atoms with van der Waals surface area (Å²) in [6.07, 6.45) is 6.56. The van der Waals surface area contributed by atoms with E-state index >= 15 is 0 Å². The average Bonchev–Trinajstić information content (AvgIpc) is 2.41. The Hall–Kier alpha value is -0.570. The predicted molar refractivity (Wildman–Crippen MR) is 88.4 cm³/mol. The fourth-order valence-electron chi connectivity index (χ4n) is 5.96. The first-order valence-corrected chi connectivity index (χ1v) is 9.17. The van der Waals surface area contributed by atoms with E-state index in [9.17, 15) is 4.79 Å². The van der Waals surface area contributed by atoms with Gasteiger partial charge in [0.15, 0.2) is 0 Å². The van der Waals surface area contributed by atoms with Crippen molar-refractivity contribution in [3.05, 3.63) is 0 Å². The molecule has 0 spiro atoms. The topological polar surface area (TPSA) is 38.3 Å². The minimum absolute atomic E-state index is 0.0111. The summed E-state index contributed by atoms with van der Waals surface area (Å²) in [4.78, 5) is 12.9. The van der Waals surface area contributed by atoms with Crippen LogP contribution < -0.4 is 5.32 Å². The van der Waals surface area contributed by atoms with E-state index in [0.29, 0.717) is 24.3 Å². The first-order chi connectivity index (χ1) is 10.3. The maximum Gasteiger partial charge on any atom is 0.313 e. The summed E-state index contributed by atoms with van der Waals surface area (Å²) in [7, 11) is 1.90. The third kappa shape index (κ3) is 2.40. The van der Waals surface area contributed by atoms with Gasteiger partial charge in [-0.2, -0.15) is 0 Å². The minimum Gasteiger partial charge on any atom is -0.458 e. The van der Waals surface area contributed by atoms with Crippen LogP contribution in [0.3, 0.4) is 0 Å². The van der Waals surface area contributed by atoms with Crippen molar-refractivity contribution in [3.63, 3.8) is 0 Å². The zero-order chi connectivity index (χ0) is 16.1. The zero-order valence-corrected chi connectivity index (χ0v) is 14.9. The number of ether oxygens (including phenoxy) is 1. The van der Waals surface area contributed by atoms with Crippen molar-refractivity contribution in [1.82, 2.24) is 5.32 Å². The lowest BCUT2D eigenvalue weighted by atomic mass is 9.47. The number of esters is 1. The van der Waals surface area contributed by atoms with Crippen molar-refractivity contribution in [2.24, 2.45) is 35.0 Å². The van der Waals surface area contributed by atoms with Crippen LogP contribution in [0.2, 0.25) is 0 Å². The molecule has 4 saturated carbocycles. The standard InChI is InChI=1S/C19H33NO2/c1-12(2)19(22-17(21)18(3,4)11-20-5)15-7-13-6-14(9-15)10-16(19)8-13/h12-16,20H,6-11H2,1-5H3. The molecule has 1 N–H and O–H groups in total. The Morgan fingerprint density at radius 3 is 2.05 bits per heavy atom. The molecule has 4 aliphatic carbocycles. The second-order valence-electron chi connectivity index (χ2n) is 9.12. The van der Waals surface area contributed by atoms with Gasteiger partial charge in [-0.05, 0) is 82.6 Å². The number of rotatable bonds is 5. The maximum atomic E-state index is 12.9. The van der Waals surface area contributed by atoms with Gasteiger partial charge in [0.1, 0.15) is 5.60 Å². The molecule has 0 radical (unpaired) electrons. The van der Waals surface area contributed by atoms with Crippen molar-refractivity contribution >= 4 is 5.97 Å². The molecule has 4 rings (SSSR count). The number of carbonyl (C=O) groups excluding carboxylic acids is 1. The van der Waals surface area contributed by atoms with Crippen LogP contribution in [0.4, 0.5) is 0 Å². The van der Waals surface area contributed by atoms with Crippen LogP contribution in [0, 0.1) is 35.0 Å². The van der Waals surface area contributed by atoms with Crippen molar-refractivity contribution in [3.8, 4) is 0 Å². The van der Waals surface area contributed by atoms with Crippen LogP contribution in [-0.2, 0) is 9.53 Å². The highest BCUT2D eigenvalue weighted by atomic mass is 16.6. The molecule has 0 aromatic heterocycles. The van der Waals surface area contributed by atoms with Crippen LogP contribution in [0.25, 0.3) is 0 Å². The van der Waals surface area contributed by atoms with Gasteiger partial charge < -0.3 is 10.1 Å². The Morgan fingerprint density at radius 2 is 1.64 bits per heavy atom. The molecule has 0 unspecified atom stereocenters. The average molecular weight is 307 g/mol. The Labute approximate surface area is 135 Å². The summed E-state index contributed by atoms with van der Waals surface area (Å²) in [5.41, 5.74) is -0.652. The number of nitrogens with one attached hydrogen (secondary N) is 1. The number of hydrogen-bond acceptors (Lipinski definition) is 3. The van der Waals surface area contributed by atoms with Gasteiger partial charge in [0, 0.05) is 6.54 Å². The molecule has 0 saturated heterocycles. The maximum absolute atomic E-state index is 12.9. The van der Waals surface area contributed by atoms with E-state index in [1.807, 2.05) is 20.9 Å². The number of carbonyl (C=O) groups is 1. The summed E-state index contributed by atoms with van der Waals surface area (Å²) in [5, 5.41) is 3.13. The van der Waals surface area contributed by atoms with Gasteiger partial charge in [-0.25, -0.2) is 0 Å². The lowest BCUT2D eigenvalue weighted by Crippen LogP contribution is -2.63. The molecule has 0 aromatic rings. The highest BCUT2D eigenvalue weighted by Gasteiger charge is 2.61. The Bertz CT molecular complexity index is 413. The highest BCUT2D eigenvalue weighted by molar-refractivity contribution is 5.76. The minimum atomic E-state index is -0.453. The summed E-state index contributed by atoms with van der Waals surface area (Å²) >= 11 is 0. The second kappa shape index (κ2) is 5.51. The fourth-order valence-corrected chi connectivity index (χ4v) is 5.96. The van der Waals surface area contributed by atoms with E-state index in [0.717, 1.165) is 11.8 Å². The van der Waals surface area contributed by atoms with E-state index < -0.39 is 5.41 Å². The lowest BCUT2D eigenvalue weighted by Gasteiger charge is -2.62. The molecule has 126 valence electrons. The molecule has 4 aliphatic rings. The van der Waals surface area contributed by atoms with Gasteiger partial charge in [0.25, 0.3) is 0 Å². The van der Waals surface area contributed by atoms with E-state index in [4.69, 9.17) is 4.74 Å². The SMILES string of the molecule is CNCC(C)(C)C(=O)OC1(C(C)C)C2CC3CC(C2)CC1C3. The molecule has 0 amide bonds. The van der Waals surface area contributed by atoms with Gasteiger partial charge in [0.05, 0.1) is 5.41 Å². The normalized spacial score (nSPS) is 40.3. The summed E-state index contributed by atoms with van der Waals surface area (Å²) in [6, 6.07) is 0. The second-order valence-corrected chi connectivity index (χ2v) is 9.12. The molecule has 4 bridgehead atoms. The third-order valence-corrected chi connectivity index (χ3v) is 6.76. The first kappa shape index (κ1) is 16.3. The van der Waals surface area contributed by atoms with Crippen molar-refractivity contribution in [2.45, 2.75) is 65.4 Å². The van der Waals surface area contributed by atoms with E-state index in [1.165, 1.54) is 32.1 Å². The molecular weight excluding hydrogens is 274 g/mol. The van der Waals surface area contributed by atoms with Crippen LogP contribution in [0.5, 0.6) is 0 Å². The first-order valence-electron chi connectivity index (χ1n) is 9.17.